The Morgan fingerprint density at radius 2 is 1.56 bits per heavy atom. The van der Waals surface area contributed by atoms with Crippen molar-refractivity contribution >= 4 is 11.8 Å². The van der Waals surface area contributed by atoms with Crippen molar-refractivity contribution in [3.05, 3.63) is 42.3 Å². The van der Waals surface area contributed by atoms with Crippen LogP contribution in [0.3, 0.4) is 0 Å². The first-order valence-electron chi connectivity index (χ1n) is 9.38. The first-order chi connectivity index (χ1) is 15.6. The molecular formula is C21H20N4O6S. The van der Waals surface area contributed by atoms with Gasteiger partial charge in [-0.05, 0) is 30.3 Å². The molecule has 0 aliphatic rings. The molecule has 2 aromatic carbocycles. The van der Waals surface area contributed by atoms with Crippen LogP contribution in [0, 0.1) is 0 Å². The number of thioether (sulfide) groups is 1. The van der Waals surface area contributed by atoms with Gasteiger partial charge in [0.2, 0.25) is 17.6 Å². The molecular weight excluding hydrogens is 436 g/mol. The fourth-order valence-corrected chi connectivity index (χ4v) is 3.45. The van der Waals surface area contributed by atoms with Gasteiger partial charge in [-0.2, -0.15) is 4.98 Å². The highest BCUT2D eigenvalue weighted by Crippen LogP contribution is 2.33. The topological polar surface area (TPSA) is 115 Å². The predicted molar refractivity (Wildman–Crippen MR) is 115 cm³/mol. The quantitative estimate of drug-likeness (QED) is 0.339. The van der Waals surface area contributed by atoms with Gasteiger partial charge in [-0.1, -0.05) is 16.9 Å². The minimum atomic E-state index is 0.348. The van der Waals surface area contributed by atoms with Crippen molar-refractivity contribution < 1.29 is 27.9 Å². The molecule has 2 heterocycles. The summed E-state index contributed by atoms with van der Waals surface area (Å²) in [5.74, 6) is 4.03. The second-order valence-corrected chi connectivity index (χ2v) is 7.27. The van der Waals surface area contributed by atoms with Crippen molar-refractivity contribution in [2.75, 3.05) is 28.4 Å². The summed E-state index contributed by atoms with van der Waals surface area (Å²) in [6, 6.07) is 10.7. The minimum Gasteiger partial charge on any atom is -0.497 e. The number of ether oxygens (including phenoxy) is 4. The molecule has 0 bridgehead atoms. The van der Waals surface area contributed by atoms with E-state index in [2.05, 4.69) is 20.3 Å². The zero-order valence-corrected chi connectivity index (χ0v) is 18.6. The average molecular weight is 456 g/mol. The molecule has 4 aromatic rings. The lowest BCUT2D eigenvalue weighted by molar-refractivity contribution is 0.355. The maximum atomic E-state index is 5.75. The largest absolute Gasteiger partial charge is 0.497 e. The van der Waals surface area contributed by atoms with E-state index in [-0.39, 0.29) is 0 Å². The van der Waals surface area contributed by atoms with Crippen molar-refractivity contribution in [2.45, 2.75) is 11.0 Å². The summed E-state index contributed by atoms with van der Waals surface area (Å²) < 4.78 is 32.2. The molecule has 32 heavy (non-hydrogen) atoms. The molecule has 0 saturated carbocycles. The Labute approximate surface area is 187 Å². The minimum absolute atomic E-state index is 0.348. The average Bonchev–Trinajstić information content (AvgIpc) is 3.51. The number of benzene rings is 2. The Hall–Kier alpha value is -3.73. The van der Waals surface area contributed by atoms with E-state index in [0.29, 0.717) is 57.1 Å². The van der Waals surface area contributed by atoms with Gasteiger partial charge in [-0.15, -0.1) is 10.2 Å². The highest BCUT2D eigenvalue weighted by atomic mass is 32.2. The van der Waals surface area contributed by atoms with Crippen molar-refractivity contribution in [3.63, 3.8) is 0 Å². The zero-order chi connectivity index (χ0) is 22.5. The lowest BCUT2D eigenvalue weighted by atomic mass is 10.2. The summed E-state index contributed by atoms with van der Waals surface area (Å²) in [5, 5.41) is 12.6. The van der Waals surface area contributed by atoms with Crippen LogP contribution in [-0.2, 0) is 5.75 Å². The molecule has 166 valence electrons. The van der Waals surface area contributed by atoms with E-state index in [4.69, 9.17) is 27.9 Å². The summed E-state index contributed by atoms with van der Waals surface area (Å²) >= 11 is 1.29. The lowest BCUT2D eigenvalue weighted by Crippen LogP contribution is -1.91. The molecule has 2 aromatic heterocycles. The predicted octanol–water partition coefficient (Wildman–Crippen LogP) is 4.11. The Kier molecular flexibility index (Phi) is 6.45. The Morgan fingerprint density at radius 3 is 2.25 bits per heavy atom. The van der Waals surface area contributed by atoms with Gasteiger partial charge in [-0.3, -0.25) is 0 Å². The number of hydrogen-bond donors (Lipinski definition) is 0. The van der Waals surface area contributed by atoms with Gasteiger partial charge in [0, 0.05) is 17.2 Å². The van der Waals surface area contributed by atoms with Gasteiger partial charge in [-0.25, -0.2) is 0 Å². The first-order valence-corrected chi connectivity index (χ1v) is 10.4. The van der Waals surface area contributed by atoms with E-state index < -0.39 is 0 Å². The standard InChI is InChI=1S/C21H20N4O6S/c1-26-14-7-13(8-15(10-14)27-2)20-23-24-21(30-20)32-11-18-22-19(25-31-18)12-5-6-16(28-3)17(9-12)29-4/h5-10H,11H2,1-4H3. The molecule has 0 amide bonds. The SMILES string of the molecule is COc1cc(OC)cc(-c2nnc(SCc3nc(-c4ccc(OC)c(OC)c4)no3)o2)c1. The summed E-state index contributed by atoms with van der Waals surface area (Å²) in [6.45, 7) is 0. The van der Waals surface area contributed by atoms with Crippen molar-refractivity contribution in [1.82, 2.24) is 20.3 Å². The first kappa shape index (κ1) is 21.5. The van der Waals surface area contributed by atoms with Gasteiger partial charge in [0.15, 0.2) is 11.5 Å². The summed E-state index contributed by atoms with van der Waals surface area (Å²) in [7, 11) is 6.30. The number of hydrogen-bond acceptors (Lipinski definition) is 11. The third-order valence-corrected chi connectivity index (χ3v) is 5.24. The van der Waals surface area contributed by atoms with Crippen LogP contribution < -0.4 is 18.9 Å². The van der Waals surface area contributed by atoms with Crippen LogP contribution >= 0.6 is 11.8 Å². The molecule has 11 heteroatoms. The third-order valence-electron chi connectivity index (χ3n) is 4.43. The van der Waals surface area contributed by atoms with E-state index >= 15 is 0 Å². The summed E-state index contributed by atoms with van der Waals surface area (Å²) in [4.78, 5) is 4.42. The second-order valence-electron chi connectivity index (χ2n) is 6.34. The van der Waals surface area contributed by atoms with Crippen molar-refractivity contribution in [3.8, 4) is 45.8 Å². The molecule has 0 aliphatic carbocycles. The van der Waals surface area contributed by atoms with Crippen molar-refractivity contribution in [2.24, 2.45) is 0 Å². The van der Waals surface area contributed by atoms with Crippen LogP contribution in [0.1, 0.15) is 5.89 Å². The van der Waals surface area contributed by atoms with Crippen LogP contribution in [0.4, 0.5) is 0 Å². The monoisotopic (exact) mass is 456 g/mol. The van der Waals surface area contributed by atoms with Crippen LogP contribution in [0.5, 0.6) is 23.0 Å². The smallest absolute Gasteiger partial charge is 0.277 e. The molecule has 0 aliphatic heterocycles. The van der Waals surface area contributed by atoms with Gasteiger partial charge >= 0.3 is 0 Å². The van der Waals surface area contributed by atoms with E-state index in [1.165, 1.54) is 11.8 Å². The van der Waals surface area contributed by atoms with Crippen molar-refractivity contribution in [1.29, 1.82) is 0 Å². The highest BCUT2D eigenvalue weighted by Gasteiger charge is 2.15. The number of nitrogens with zero attached hydrogens (tertiary/aromatic N) is 4. The molecule has 10 nitrogen and oxygen atoms in total. The molecule has 0 radical (unpaired) electrons. The Morgan fingerprint density at radius 1 is 0.812 bits per heavy atom. The maximum absolute atomic E-state index is 5.75. The lowest BCUT2D eigenvalue weighted by Gasteiger charge is -2.07. The Bertz CT molecular complexity index is 1190. The number of rotatable bonds is 9. The van der Waals surface area contributed by atoms with E-state index in [1.807, 2.05) is 6.07 Å². The van der Waals surface area contributed by atoms with Crippen LogP contribution in [0.2, 0.25) is 0 Å². The summed E-state index contributed by atoms with van der Waals surface area (Å²) in [5.41, 5.74) is 1.43. The molecule has 0 atom stereocenters. The molecule has 0 saturated heterocycles. The van der Waals surface area contributed by atoms with Gasteiger partial charge < -0.3 is 27.9 Å². The fourth-order valence-electron chi connectivity index (χ4n) is 2.85. The molecule has 0 unspecified atom stereocenters. The van der Waals surface area contributed by atoms with Gasteiger partial charge in [0.25, 0.3) is 5.22 Å². The van der Waals surface area contributed by atoms with Gasteiger partial charge in [0.05, 0.1) is 34.2 Å². The number of aromatic nitrogens is 4. The van der Waals surface area contributed by atoms with E-state index in [0.717, 1.165) is 5.56 Å². The Balaban J connectivity index is 1.45. The molecule has 0 fully saturated rings. The zero-order valence-electron chi connectivity index (χ0n) is 17.8. The van der Waals surface area contributed by atoms with E-state index in [1.54, 1.807) is 58.8 Å². The number of methoxy groups -OCH3 is 4. The van der Waals surface area contributed by atoms with Crippen LogP contribution in [0.15, 0.2) is 50.6 Å². The van der Waals surface area contributed by atoms with Crippen LogP contribution in [0.25, 0.3) is 22.8 Å². The second kappa shape index (κ2) is 9.60. The third kappa shape index (κ3) is 4.62. The molecule has 0 spiro atoms. The fraction of sp³-hybridized carbons (Fsp3) is 0.238. The van der Waals surface area contributed by atoms with E-state index in [9.17, 15) is 0 Å². The molecule has 0 N–H and O–H groups in total. The highest BCUT2D eigenvalue weighted by molar-refractivity contribution is 7.98. The van der Waals surface area contributed by atoms with Gasteiger partial charge in [0.1, 0.15) is 11.5 Å². The van der Waals surface area contributed by atoms with Crippen LogP contribution in [-0.4, -0.2) is 48.8 Å². The maximum Gasteiger partial charge on any atom is 0.277 e. The molecule has 4 rings (SSSR count). The normalized spacial score (nSPS) is 10.8. The summed E-state index contributed by atoms with van der Waals surface area (Å²) in [6.07, 6.45) is 0.